The van der Waals surface area contributed by atoms with Gasteiger partial charge in [0.05, 0.1) is 36.9 Å². The van der Waals surface area contributed by atoms with Gasteiger partial charge in [0.1, 0.15) is 0 Å². The highest BCUT2D eigenvalue weighted by atomic mass is 35.5. The third-order valence-electron chi connectivity index (χ3n) is 5.24. The van der Waals surface area contributed by atoms with E-state index in [-0.39, 0.29) is 17.7 Å². The Morgan fingerprint density at radius 3 is 2.29 bits per heavy atom. The monoisotopic (exact) mass is 420 g/mol. The maximum atomic E-state index is 12.6. The summed E-state index contributed by atoms with van der Waals surface area (Å²) in [6.45, 7) is 6.93. The van der Waals surface area contributed by atoms with E-state index < -0.39 is 0 Å². The maximum absolute atomic E-state index is 12.6. The number of quaternary nitrogens is 1. The van der Waals surface area contributed by atoms with Crippen molar-refractivity contribution in [2.45, 2.75) is 19.9 Å². The number of hydrogen-bond donors (Lipinski definition) is 2. The summed E-state index contributed by atoms with van der Waals surface area (Å²) in [5.74, 6) is 0.0138. The standard InChI is InChI=1S/C21H23Cl2N3O2/c1-14(21(28)24-20-8-5-17(22)13-19(20)23)25-9-11-26(12-10-25)18-6-3-16(4-7-18)15(2)27/h3-8,13-14H,9-12H2,1-2H3,(H,24,28)/p+1/t14-/m0/s1. The van der Waals surface area contributed by atoms with Gasteiger partial charge in [-0.2, -0.15) is 0 Å². The molecule has 1 saturated heterocycles. The Bertz CT molecular complexity index is 862. The minimum Gasteiger partial charge on any atom is -0.360 e. The molecule has 0 bridgehead atoms. The Morgan fingerprint density at radius 2 is 1.71 bits per heavy atom. The van der Waals surface area contributed by atoms with Crippen LogP contribution >= 0.6 is 23.2 Å². The van der Waals surface area contributed by atoms with Crippen molar-refractivity contribution < 1.29 is 14.5 Å². The number of carbonyl (C=O) groups is 2. The molecule has 1 aliphatic rings. The van der Waals surface area contributed by atoms with E-state index >= 15 is 0 Å². The van der Waals surface area contributed by atoms with Gasteiger partial charge in [-0.25, -0.2) is 0 Å². The van der Waals surface area contributed by atoms with Crippen LogP contribution in [0, 0.1) is 0 Å². The molecule has 2 aromatic carbocycles. The summed E-state index contributed by atoms with van der Waals surface area (Å²) in [5, 5.41) is 3.87. The highest BCUT2D eigenvalue weighted by molar-refractivity contribution is 6.36. The SMILES string of the molecule is CC(=O)c1ccc(N2CC[NH+]([C@@H](C)C(=O)Nc3ccc(Cl)cc3Cl)CC2)cc1. The van der Waals surface area contributed by atoms with Crippen LogP contribution in [0.5, 0.6) is 0 Å². The van der Waals surface area contributed by atoms with Crippen LogP contribution in [0.25, 0.3) is 0 Å². The Hall–Kier alpha value is -2.08. The first-order chi connectivity index (χ1) is 13.3. The van der Waals surface area contributed by atoms with E-state index in [1.165, 1.54) is 4.90 Å². The molecule has 1 heterocycles. The molecule has 28 heavy (non-hydrogen) atoms. The van der Waals surface area contributed by atoms with Gasteiger partial charge in [0.15, 0.2) is 11.8 Å². The number of hydrogen-bond acceptors (Lipinski definition) is 3. The molecule has 0 radical (unpaired) electrons. The lowest BCUT2D eigenvalue weighted by Crippen LogP contribution is -3.19. The van der Waals surface area contributed by atoms with Crippen LogP contribution in [0.3, 0.4) is 0 Å². The lowest BCUT2D eigenvalue weighted by atomic mass is 10.1. The number of amides is 1. The highest BCUT2D eigenvalue weighted by Gasteiger charge is 2.29. The first-order valence-electron chi connectivity index (χ1n) is 9.31. The number of anilines is 2. The molecule has 1 fully saturated rings. The number of rotatable bonds is 5. The fourth-order valence-electron chi connectivity index (χ4n) is 3.41. The summed E-state index contributed by atoms with van der Waals surface area (Å²) in [4.78, 5) is 27.6. The smallest absolute Gasteiger partial charge is 0.282 e. The van der Waals surface area contributed by atoms with Crippen LogP contribution in [0.2, 0.25) is 10.0 Å². The van der Waals surface area contributed by atoms with Crippen LogP contribution < -0.4 is 15.1 Å². The number of nitrogens with one attached hydrogen (secondary N) is 2. The summed E-state index contributed by atoms with van der Waals surface area (Å²) >= 11 is 12.1. The largest absolute Gasteiger partial charge is 0.360 e. The van der Waals surface area contributed by atoms with Crippen molar-refractivity contribution in [2.75, 3.05) is 36.4 Å². The van der Waals surface area contributed by atoms with Gasteiger partial charge in [-0.15, -0.1) is 0 Å². The molecule has 1 atom stereocenters. The van der Waals surface area contributed by atoms with Crippen molar-refractivity contribution >= 4 is 46.3 Å². The van der Waals surface area contributed by atoms with Crippen molar-refractivity contribution in [1.29, 1.82) is 0 Å². The van der Waals surface area contributed by atoms with Crippen molar-refractivity contribution in [3.63, 3.8) is 0 Å². The van der Waals surface area contributed by atoms with E-state index in [1.807, 2.05) is 31.2 Å². The van der Waals surface area contributed by atoms with Crippen molar-refractivity contribution in [3.8, 4) is 0 Å². The molecule has 1 amide bonds. The zero-order valence-electron chi connectivity index (χ0n) is 16.0. The molecule has 2 N–H and O–H groups in total. The van der Waals surface area contributed by atoms with E-state index in [9.17, 15) is 9.59 Å². The van der Waals surface area contributed by atoms with Crippen LogP contribution in [0.1, 0.15) is 24.2 Å². The predicted molar refractivity (Wildman–Crippen MR) is 114 cm³/mol. The van der Waals surface area contributed by atoms with Crippen molar-refractivity contribution in [3.05, 3.63) is 58.1 Å². The normalized spacial score (nSPS) is 15.9. The quantitative estimate of drug-likeness (QED) is 0.731. The van der Waals surface area contributed by atoms with Gasteiger partial charge in [-0.1, -0.05) is 23.2 Å². The average molecular weight is 421 g/mol. The van der Waals surface area contributed by atoms with Gasteiger partial charge in [-0.3, -0.25) is 9.59 Å². The van der Waals surface area contributed by atoms with Gasteiger partial charge in [0.25, 0.3) is 5.91 Å². The number of halogens is 2. The van der Waals surface area contributed by atoms with Gasteiger partial charge >= 0.3 is 0 Å². The number of carbonyl (C=O) groups excluding carboxylic acids is 2. The molecule has 0 aromatic heterocycles. The fraction of sp³-hybridized carbons (Fsp3) is 0.333. The molecule has 0 unspecified atom stereocenters. The number of nitrogens with zero attached hydrogens (tertiary/aromatic N) is 1. The maximum Gasteiger partial charge on any atom is 0.282 e. The second kappa shape index (κ2) is 8.95. The van der Waals surface area contributed by atoms with Gasteiger partial charge < -0.3 is 15.1 Å². The van der Waals surface area contributed by atoms with E-state index in [0.717, 1.165) is 37.4 Å². The Kier molecular flexibility index (Phi) is 6.60. The minimum atomic E-state index is -0.186. The minimum absolute atomic E-state index is 0.0570. The Morgan fingerprint density at radius 1 is 1.07 bits per heavy atom. The molecule has 0 aliphatic carbocycles. The number of piperazine rings is 1. The summed E-state index contributed by atoms with van der Waals surface area (Å²) in [5.41, 5.74) is 2.40. The Labute approximate surface area is 175 Å². The van der Waals surface area contributed by atoms with E-state index in [1.54, 1.807) is 25.1 Å². The number of Topliss-reactive ketones (excluding diaryl/α,β-unsaturated/α-hetero) is 1. The lowest BCUT2D eigenvalue weighted by molar-refractivity contribution is -0.914. The third-order valence-corrected chi connectivity index (χ3v) is 5.79. The molecule has 0 spiro atoms. The van der Waals surface area contributed by atoms with Crippen LogP contribution in [-0.2, 0) is 4.79 Å². The molecular formula is C21H24Cl2N3O2+. The second-order valence-corrected chi connectivity index (χ2v) is 7.93. The molecule has 7 heteroatoms. The molecule has 1 aliphatic heterocycles. The topological polar surface area (TPSA) is 53.9 Å². The zero-order chi connectivity index (χ0) is 20.3. The third kappa shape index (κ3) is 4.85. The first-order valence-corrected chi connectivity index (χ1v) is 10.1. The van der Waals surface area contributed by atoms with Crippen molar-refractivity contribution in [2.24, 2.45) is 0 Å². The first kappa shape index (κ1) is 20.6. The molecular weight excluding hydrogens is 397 g/mol. The van der Waals surface area contributed by atoms with Crippen LogP contribution in [0.4, 0.5) is 11.4 Å². The van der Waals surface area contributed by atoms with E-state index in [0.29, 0.717) is 15.7 Å². The van der Waals surface area contributed by atoms with E-state index in [4.69, 9.17) is 23.2 Å². The Balaban J connectivity index is 1.56. The number of ketones is 1. The van der Waals surface area contributed by atoms with Gasteiger partial charge in [0, 0.05) is 16.3 Å². The van der Waals surface area contributed by atoms with Crippen LogP contribution in [-0.4, -0.2) is 43.9 Å². The van der Waals surface area contributed by atoms with Gasteiger partial charge in [-0.05, 0) is 56.3 Å². The molecule has 3 rings (SSSR count). The average Bonchev–Trinajstić information content (AvgIpc) is 2.69. The summed E-state index contributed by atoms with van der Waals surface area (Å²) in [6, 6.07) is 12.6. The second-order valence-electron chi connectivity index (χ2n) is 7.08. The predicted octanol–water partition coefficient (Wildman–Crippen LogP) is 2.93. The lowest BCUT2D eigenvalue weighted by Gasteiger charge is -2.36. The zero-order valence-corrected chi connectivity index (χ0v) is 17.5. The molecule has 2 aromatic rings. The van der Waals surface area contributed by atoms with Crippen molar-refractivity contribution in [1.82, 2.24) is 0 Å². The molecule has 5 nitrogen and oxygen atoms in total. The number of benzene rings is 2. The van der Waals surface area contributed by atoms with Gasteiger partial charge in [0.2, 0.25) is 0 Å². The molecule has 0 saturated carbocycles. The fourth-order valence-corrected chi connectivity index (χ4v) is 3.87. The summed E-state index contributed by atoms with van der Waals surface area (Å²) in [7, 11) is 0. The highest BCUT2D eigenvalue weighted by Crippen LogP contribution is 2.25. The van der Waals surface area contributed by atoms with Crippen LogP contribution in [0.15, 0.2) is 42.5 Å². The summed E-state index contributed by atoms with van der Waals surface area (Å²) in [6.07, 6.45) is 0. The molecule has 148 valence electrons. The summed E-state index contributed by atoms with van der Waals surface area (Å²) < 4.78 is 0. The van der Waals surface area contributed by atoms with E-state index in [2.05, 4.69) is 10.2 Å².